The maximum Gasteiger partial charge on any atom is 0.102 e. The largest absolute Gasteiger partial charge is 0.393 e. The van der Waals surface area contributed by atoms with E-state index in [1.165, 1.54) is 55.4 Å². The molecule has 1 aromatic rings. The third-order valence-corrected chi connectivity index (χ3v) is 12.2. The Hall–Kier alpha value is -1.53. The van der Waals surface area contributed by atoms with Gasteiger partial charge in [-0.3, -0.25) is 0 Å². The fourth-order valence-corrected chi connectivity index (χ4v) is 9.41. The zero-order valence-corrected chi connectivity index (χ0v) is 25.8. The summed E-state index contributed by atoms with van der Waals surface area (Å²) < 4.78 is 0. The van der Waals surface area contributed by atoms with Crippen molar-refractivity contribution < 1.29 is 15.3 Å². The molecule has 0 amide bonds. The number of aliphatic hydroxyl groups excluding tert-OH is 3. The van der Waals surface area contributed by atoms with Gasteiger partial charge in [-0.05, 0) is 98.5 Å². The zero-order chi connectivity index (χ0) is 28.5. The van der Waals surface area contributed by atoms with Crippen molar-refractivity contribution in [1.82, 2.24) is 4.98 Å². The third kappa shape index (κ3) is 6.00. The van der Waals surface area contributed by atoms with E-state index in [2.05, 4.69) is 51.7 Å². The lowest BCUT2D eigenvalue weighted by Crippen LogP contribution is -2.35. The van der Waals surface area contributed by atoms with Gasteiger partial charge in [0.2, 0.25) is 0 Å². The molecule has 0 aromatic carbocycles. The van der Waals surface area contributed by atoms with Crippen molar-refractivity contribution in [3.63, 3.8) is 0 Å². The van der Waals surface area contributed by atoms with Gasteiger partial charge in [0.05, 0.1) is 23.7 Å². The van der Waals surface area contributed by atoms with Crippen molar-refractivity contribution in [3.05, 3.63) is 63.7 Å². The molecule has 5 heteroatoms. The van der Waals surface area contributed by atoms with E-state index in [-0.39, 0.29) is 10.8 Å². The maximum atomic E-state index is 11.3. The molecule has 4 aliphatic rings. The highest BCUT2D eigenvalue weighted by molar-refractivity contribution is 7.11. The number of allylic oxidation sites excluding steroid dienone is 4. The standard InChI is InChI=1S/C35H51NO3S/c1-5-6-7-10-28-22-36-33(40-28)35(18-19-35)32(39)16-11-23(2)29-14-15-30-25(9-8-17-34(29,30)4)12-13-26-20-27(37)21-31(38)24(26)3/h11-13,16,22-23,27,29-32,37-39H,3,5-10,14-15,17-21H2,1-2,4H3/b16-11+,25-12+,26-13-/t23-,27-,29-,30+,31+,32-,34-/m1/s1. The molecule has 7 atom stereocenters. The van der Waals surface area contributed by atoms with Crippen molar-refractivity contribution in [1.29, 1.82) is 0 Å². The average molecular weight is 566 g/mol. The topological polar surface area (TPSA) is 73.6 Å². The summed E-state index contributed by atoms with van der Waals surface area (Å²) in [4.78, 5) is 6.13. The van der Waals surface area contributed by atoms with Gasteiger partial charge in [-0.25, -0.2) is 4.98 Å². The Morgan fingerprint density at radius 1 is 1.15 bits per heavy atom. The van der Waals surface area contributed by atoms with E-state index in [1.807, 2.05) is 17.5 Å². The summed E-state index contributed by atoms with van der Waals surface area (Å²) in [6, 6.07) is 0. The quantitative estimate of drug-likeness (QED) is 0.202. The number of hydrogen-bond acceptors (Lipinski definition) is 5. The highest BCUT2D eigenvalue weighted by Crippen LogP contribution is 2.60. The predicted octanol–water partition coefficient (Wildman–Crippen LogP) is 7.60. The Labute approximate surface area is 246 Å². The summed E-state index contributed by atoms with van der Waals surface area (Å²) >= 11 is 1.82. The van der Waals surface area contributed by atoms with Crippen molar-refractivity contribution in [2.75, 3.05) is 0 Å². The molecule has 0 spiro atoms. The number of thiazole rings is 1. The number of aryl methyl sites for hydroxylation is 1. The molecule has 1 heterocycles. The number of hydrogen-bond donors (Lipinski definition) is 3. The number of fused-ring (bicyclic) bond motifs is 1. The van der Waals surface area contributed by atoms with Crippen LogP contribution in [0.5, 0.6) is 0 Å². The average Bonchev–Trinajstić information content (AvgIpc) is 3.46. The molecular formula is C35H51NO3S. The van der Waals surface area contributed by atoms with Gasteiger partial charge in [0.1, 0.15) is 5.01 Å². The van der Waals surface area contributed by atoms with Crippen LogP contribution in [0.1, 0.15) is 108 Å². The number of rotatable bonds is 10. The van der Waals surface area contributed by atoms with Gasteiger partial charge in [-0.1, -0.05) is 70.1 Å². The van der Waals surface area contributed by atoms with Crippen LogP contribution in [0.4, 0.5) is 0 Å². The van der Waals surface area contributed by atoms with Crippen molar-refractivity contribution in [3.8, 4) is 0 Å². The third-order valence-electron chi connectivity index (χ3n) is 10.9. The van der Waals surface area contributed by atoms with E-state index < -0.39 is 18.3 Å². The van der Waals surface area contributed by atoms with Crippen LogP contribution in [0.15, 0.2) is 53.8 Å². The first kappa shape index (κ1) is 29.9. The summed E-state index contributed by atoms with van der Waals surface area (Å²) in [5, 5.41) is 32.8. The molecule has 0 bridgehead atoms. The lowest BCUT2D eigenvalue weighted by Gasteiger charge is -2.44. The van der Waals surface area contributed by atoms with E-state index >= 15 is 0 Å². The molecule has 5 rings (SSSR count). The Morgan fingerprint density at radius 2 is 1.95 bits per heavy atom. The highest BCUT2D eigenvalue weighted by Gasteiger charge is 2.53. The van der Waals surface area contributed by atoms with Gasteiger partial charge >= 0.3 is 0 Å². The molecule has 40 heavy (non-hydrogen) atoms. The van der Waals surface area contributed by atoms with Crippen LogP contribution in [0.3, 0.4) is 0 Å². The van der Waals surface area contributed by atoms with Gasteiger partial charge in [0.25, 0.3) is 0 Å². The highest BCUT2D eigenvalue weighted by atomic mass is 32.1. The first-order chi connectivity index (χ1) is 19.2. The molecule has 220 valence electrons. The Morgan fingerprint density at radius 3 is 2.70 bits per heavy atom. The molecule has 0 unspecified atom stereocenters. The molecule has 4 nitrogen and oxygen atoms in total. The first-order valence-electron chi connectivity index (χ1n) is 15.9. The normalized spacial score (nSPS) is 35.4. The summed E-state index contributed by atoms with van der Waals surface area (Å²) in [5.74, 6) is 1.60. The molecule has 0 radical (unpaired) electrons. The summed E-state index contributed by atoms with van der Waals surface area (Å²) in [6.07, 6.45) is 23.2. The van der Waals surface area contributed by atoms with Gasteiger partial charge in [-0.2, -0.15) is 0 Å². The van der Waals surface area contributed by atoms with Gasteiger partial charge < -0.3 is 15.3 Å². The predicted molar refractivity (Wildman–Crippen MR) is 165 cm³/mol. The van der Waals surface area contributed by atoms with Crippen LogP contribution in [-0.2, 0) is 11.8 Å². The van der Waals surface area contributed by atoms with Crippen LogP contribution in [-0.4, -0.2) is 38.6 Å². The second-order valence-electron chi connectivity index (χ2n) is 13.6. The minimum atomic E-state index is -0.637. The molecular weight excluding hydrogens is 514 g/mol. The summed E-state index contributed by atoms with van der Waals surface area (Å²) in [6.45, 7) is 11.2. The van der Waals surface area contributed by atoms with Crippen LogP contribution in [0.2, 0.25) is 0 Å². The Kier molecular flexibility index (Phi) is 9.26. The van der Waals surface area contributed by atoms with Crippen LogP contribution in [0, 0.1) is 23.2 Å². The first-order valence-corrected chi connectivity index (χ1v) is 16.8. The van der Waals surface area contributed by atoms with Crippen LogP contribution >= 0.6 is 11.3 Å². The number of unbranched alkanes of at least 4 members (excludes halogenated alkanes) is 2. The lowest BCUT2D eigenvalue weighted by atomic mass is 9.61. The molecule has 4 saturated carbocycles. The number of aromatic nitrogens is 1. The zero-order valence-electron chi connectivity index (χ0n) is 24.9. The SMILES string of the molecule is C=C1/C(=C\C=C2/CCC[C@]3(C)[C@@H]([C@H](C)/C=C/[C@@H](O)C4(c5ncc(CCCCC)s5)CC4)CC[C@@H]23)C[C@@H](O)C[C@@H]1O. The number of aliphatic hydroxyl groups is 3. The van der Waals surface area contributed by atoms with Gasteiger partial charge in [-0.15, -0.1) is 11.3 Å². The maximum absolute atomic E-state index is 11.3. The van der Waals surface area contributed by atoms with Gasteiger partial charge in [0.15, 0.2) is 0 Å². The fourth-order valence-electron chi connectivity index (χ4n) is 8.18. The van der Waals surface area contributed by atoms with E-state index in [1.54, 1.807) is 0 Å². The van der Waals surface area contributed by atoms with E-state index in [9.17, 15) is 15.3 Å². The van der Waals surface area contributed by atoms with Crippen molar-refractivity contribution in [2.45, 2.75) is 128 Å². The minimum absolute atomic E-state index is 0.162. The lowest BCUT2D eigenvalue weighted by molar-refractivity contribution is 0.0862. The molecule has 3 N–H and O–H groups in total. The summed E-state index contributed by atoms with van der Waals surface area (Å²) in [7, 11) is 0. The summed E-state index contributed by atoms with van der Waals surface area (Å²) in [5.41, 5.74) is 3.39. The molecule has 0 saturated heterocycles. The fraction of sp³-hybridized carbons (Fsp3) is 0.686. The monoisotopic (exact) mass is 565 g/mol. The molecule has 0 aliphatic heterocycles. The molecule has 4 fully saturated rings. The minimum Gasteiger partial charge on any atom is -0.393 e. The second kappa shape index (κ2) is 12.4. The van der Waals surface area contributed by atoms with Crippen molar-refractivity contribution in [2.24, 2.45) is 23.2 Å². The van der Waals surface area contributed by atoms with Crippen LogP contribution in [0.25, 0.3) is 0 Å². The van der Waals surface area contributed by atoms with E-state index in [4.69, 9.17) is 4.98 Å². The second-order valence-corrected chi connectivity index (χ2v) is 14.7. The molecule has 4 aliphatic carbocycles. The number of nitrogens with zero attached hydrogens (tertiary/aromatic N) is 1. The van der Waals surface area contributed by atoms with Crippen molar-refractivity contribution >= 4 is 11.3 Å². The van der Waals surface area contributed by atoms with E-state index in [0.717, 1.165) is 41.8 Å². The van der Waals surface area contributed by atoms with E-state index in [0.29, 0.717) is 30.6 Å². The van der Waals surface area contributed by atoms with Gasteiger partial charge in [0, 0.05) is 17.5 Å². The molecule has 1 aromatic heterocycles. The Balaban J connectivity index is 1.24. The Bertz CT molecular complexity index is 1140. The van der Waals surface area contributed by atoms with Crippen LogP contribution < -0.4 is 0 Å². The smallest absolute Gasteiger partial charge is 0.102 e.